The molecule has 21 heavy (non-hydrogen) atoms. The predicted octanol–water partition coefficient (Wildman–Crippen LogP) is 2.29. The van der Waals surface area contributed by atoms with Crippen LogP contribution in [0.5, 0.6) is 0 Å². The molecule has 0 atom stereocenters. The SMILES string of the molecule is CCCNc1cc(CC2CC2)c2ccccc2c1B(O)O. The summed E-state index contributed by atoms with van der Waals surface area (Å²) in [5, 5.41) is 25.1. The van der Waals surface area contributed by atoms with Crippen molar-refractivity contribution in [3.05, 3.63) is 35.9 Å². The van der Waals surface area contributed by atoms with Crippen LogP contribution in [-0.2, 0) is 6.42 Å². The van der Waals surface area contributed by atoms with E-state index in [0.717, 1.165) is 41.8 Å². The molecule has 0 unspecified atom stereocenters. The average Bonchev–Trinajstić information content (AvgIpc) is 3.28. The van der Waals surface area contributed by atoms with E-state index in [2.05, 4.69) is 24.4 Å². The summed E-state index contributed by atoms with van der Waals surface area (Å²) in [6.07, 6.45) is 4.72. The van der Waals surface area contributed by atoms with E-state index < -0.39 is 7.12 Å². The van der Waals surface area contributed by atoms with Crippen molar-refractivity contribution in [3.8, 4) is 0 Å². The molecule has 3 N–H and O–H groups in total. The highest BCUT2D eigenvalue weighted by Gasteiger charge is 2.25. The van der Waals surface area contributed by atoms with Gasteiger partial charge >= 0.3 is 7.12 Å². The lowest BCUT2D eigenvalue weighted by atomic mass is 9.74. The van der Waals surface area contributed by atoms with Gasteiger partial charge in [-0.1, -0.05) is 31.2 Å². The number of hydrogen-bond donors (Lipinski definition) is 3. The Bertz CT molecular complexity index is 638. The van der Waals surface area contributed by atoms with Crippen LogP contribution in [0.2, 0.25) is 0 Å². The molecule has 1 aliphatic rings. The van der Waals surface area contributed by atoms with Crippen LogP contribution in [0.15, 0.2) is 30.3 Å². The van der Waals surface area contributed by atoms with Crippen molar-refractivity contribution in [1.82, 2.24) is 0 Å². The standard InChI is InChI=1S/C17H22BNO2/c1-2-9-19-16-11-13(10-12-7-8-12)14-5-3-4-6-15(14)17(16)18(20)21/h3-6,11-12,19-21H,2,7-10H2,1H3. The highest BCUT2D eigenvalue weighted by atomic mass is 16.4. The summed E-state index contributed by atoms with van der Waals surface area (Å²) < 4.78 is 0. The van der Waals surface area contributed by atoms with Gasteiger partial charge in [-0.05, 0) is 54.0 Å². The van der Waals surface area contributed by atoms with Crippen molar-refractivity contribution in [2.75, 3.05) is 11.9 Å². The first-order chi connectivity index (χ1) is 10.2. The molecule has 3 rings (SSSR count). The summed E-state index contributed by atoms with van der Waals surface area (Å²) in [6, 6.07) is 10.2. The highest BCUT2D eigenvalue weighted by Crippen LogP contribution is 2.35. The Kier molecular flexibility index (Phi) is 4.18. The Hall–Kier alpha value is -1.52. The van der Waals surface area contributed by atoms with E-state index in [0.29, 0.717) is 5.46 Å². The van der Waals surface area contributed by atoms with Crippen LogP contribution in [0.25, 0.3) is 10.8 Å². The minimum Gasteiger partial charge on any atom is -0.423 e. The Morgan fingerprint density at radius 3 is 2.52 bits per heavy atom. The second-order valence-corrected chi connectivity index (χ2v) is 5.99. The molecule has 0 bridgehead atoms. The van der Waals surface area contributed by atoms with Gasteiger partial charge in [0.05, 0.1) is 0 Å². The zero-order chi connectivity index (χ0) is 14.8. The molecule has 0 heterocycles. The zero-order valence-electron chi connectivity index (χ0n) is 12.5. The van der Waals surface area contributed by atoms with E-state index >= 15 is 0 Å². The van der Waals surface area contributed by atoms with Gasteiger partial charge in [0.2, 0.25) is 0 Å². The van der Waals surface area contributed by atoms with Gasteiger partial charge in [0.15, 0.2) is 0 Å². The molecular formula is C17H22BNO2. The number of rotatable bonds is 6. The molecule has 0 spiro atoms. The van der Waals surface area contributed by atoms with Crippen LogP contribution in [0.4, 0.5) is 5.69 Å². The summed E-state index contributed by atoms with van der Waals surface area (Å²) >= 11 is 0. The van der Waals surface area contributed by atoms with E-state index in [-0.39, 0.29) is 0 Å². The lowest BCUT2D eigenvalue weighted by Gasteiger charge is -2.17. The lowest BCUT2D eigenvalue weighted by Crippen LogP contribution is -2.33. The Balaban J connectivity index is 2.14. The third-order valence-corrected chi connectivity index (χ3v) is 4.20. The molecule has 1 saturated carbocycles. The fourth-order valence-corrected chi connectivity index (χ4v) is 2.96. The second-order valence-electron chi connectivity index (χ2n) is 5.99. The van der Waals surface area contributed by atoms with Gasteiger partial charge in [0.25, 0.3) is 0 Å². The van der Waals surface area contributed by atoms with E-state index in [1.807, 2.05) is 18.2 Å². The van der Waals surface area contributed by atoms with Crippen molar-refractivity contribution < 1.29 is 10.0 Å². The van der Waals surface area contributed by atoms with Gasteiger partial charge < -0.3 is 15.4 Å². The molecule has 3 nitrogen and oxygen atoms in total. The van der Waals surface area contributed by atoms with Crippen LogP contribution < -0.4 is 10.8 Å². The molecule has 0 amide bonds. The molecule has 0 aliphatic heterocycles. The number of anilines is 1. The van der Waals surface area contributed by atoms with Crippen LogP contribution in [0, 0.1) is 5.92 Å². The molecule has 0 aromatic heterocycles. The normalized spacial score (nSPS) is 14.4. The monoisotopic (exact) mass is 283 g/mol. The summed E-state index contributed by atoms with van der Waals surface area (Å²) in [4.78, 5) is 0. The van der Waals surface area contributed by atoms with E-state index in [1.54, 1.807) is 0 Å². The molecule has 0 radical (unpaired) electrons. The first kappa shape index (κ1) is 14.4. The first-order valence-electron chi connectivity index (χ1n) is 7.85. The summed E-state index contributed by atoms with van der Waals surface area (Å²) in [6.45, 7) is 2.94. The summed E-state index contributed by atoms with van der Waals surface area (Å²) in [7, 11) is -1.45. The summed E-state index contributed by atoms with van der Waals surface area (Å²) in [5.74, 6) is 0.803. The molecule has 1 fully saturated rings. The van der Waals surface area contributed by atoms with Gasteiger partial charge in [-0.15, -0.1) is 0 Å². The average molecular weight is 283 g/mol. The van der Waals surface area contributed by atoms with Gasteiger partial charge in [-0.2, -0.15) is 0 Å². The van der Waals surface area contributed by atoms with E-state index in [4.69, 9.17) is 0 Å². The van der Waals surface area contributed by atoms with Crippen molar-refractivity contribution in [3.63, 3.8) is 0 Å². The Labute approximate surface area is 126 Å². The molecule has 0 saturated heterocycles. The zero-order valence-corrected chi connectivity index (χ0v) is 12.5. The first-order valence-corrected chi connectivity index (χ1v) is 7.85. The molecule has 1 aliphatic carbocycles. The van der Waals surface area contributed by atoms with Crippen molar-refractivity contribution in [1.29, 1.82) is 0 Å². The number of benzene rings is 2. The van der Waals surface area contributed by atoms with Crippen molar-refractivity contribution in [2.45, 2.75) is 32.6 Å². The topological polar surface area (TPSA) is 52.5 Å². The highest BCUT2D eigenvalue weighted by molar-refractivity contribution is 6.64. The molecular weight excluding hydrogens is 261 g/mol. The fourth-order valence-electron chi connectivity index (χ4n) is 2.96. The lowest BCUT2D eigenvalue weighted by molar-refractivity contribution is 0.426. The van der Waals surface area contributed by atoms with Gasteiger partial charge in [0.1, 0.15) is 0 Å². The van der Waals surface area contributed by atoms with Crippen LogP contribution in [0.3, 0.4) is 0 Å². The second kappa shape index (κ2) is 6.08. The fraction of sp³-hybridized carbons (Fsp3) is 0.412. The molecule has 110 valence electrons. The largest absolute Gasteiger partial charge is 0.491 e. The Morgan fingerprint density at radius 1 is 1.19 bits per heavy atom. The quantitative estimate of drug-likeness (QED) is 0.713. The van der Waals surface area contributed by atoms with Crippen LogP contribution >= 0.6 is 0 Å². The summed E-state index contributed by atoms with van der Waals surface area (Å²) in [5.41, 5.74) is 2.77. The van der Waals surface area contributed by atoms with Crippen molar-refractivity contribution in [2.24, 2.45) is 5.92 Å². The minimum atomic E-state index is -1.45. The third kappa shape index (κ3) is 3.06. The smallest absolute Gasteiger partial charge is 0.423 e. The minimum absolute atomic E-state index is 0.596. The predicted molar refractivity (Wildman–Crippen MR) is 89.0 cm³/mol. The molecule has 2 aromatic rings. The maximum Gasteiger partial charge on any atom is 0.491 e. The van der Waals surface area contributed by atoms with Crippen molar-refractivity contribution >= 4 is 29.0 Å². The van der Waals surface area contributed by atoms with Gasteiger partial charge in [0, 0.05) is 17.7 Å². The molecule has 4 heteroatoms. The number of nitrogens with one attached hydrogen (secondary N) is 1. The maximum atomic E-state index is 9.80. The van der Waals surface area contributed by atoms with E-state index in [9.17, 15) is 10.0 Å². The van der Waals surface area contributed by atoms with Crippen LogP contribution in [0.1, 0.15) is 31.7 Å². The molecule has 2 aromatic carbocycles. The van der Waals surface area contributed by atoms with Gasteiger partial charge in [-0.25, -0.2) is 0 Å². The third-order valence-electron chi connectivity index (χ3n) is 4.20. The maximum absolute atomic E-state index is 9.80. The van der Waals surface area contributed by atoms with Gasteiger partial charge in [-0.3, -0.25) is 0 Å². The van der Waals surface area contributed by atoms with Crippen LogP contribution in [-0.4, -0.2) is 23.7 Å². The number of fused-ring (bicyclic) bond motifs is 1. The van der Waals surface area contributed by atoms with E-state index in [1.165, 1.54) is 18.4 Å². The number of hydrogen-bond acceptors (Lipinski definition) is 3. The Morgan fingerprint density at radius 2 is 1.90 bits per heavy atom.